The van der Waals surface area contributed by atoms with Crippen LogP contribution >= 0.6 is 11.3 Å². The Morgan fingerprint density at radius 1 is 1.33 bits per heavy atom. The summed E-state index contributed by atoms with van der Waals surface area (Å²) in [6.07, 6.45) is 1.10. The van der Waals surface area contributed by atoms with E-state index in [0.29, 0.717) is 18.2 Å². The van der Waals surface area contributed by atoms with Crippen molar-refractivity contribution in [3.63, 3.8) is 0 Å². The van der Waals surface area contributed by atoms with Crippen molar-refractivity contribution in [1.82, 2.24) is 4.98 Å². The SMILES string of the molecule is CC(O)c1cccc(OCc2coc(-c3cccs3)n2)c1. The lowest BCUT2D eigenvalue weighted by Gasteiger charge is -2.08. The summed E-state index contributed by atoms with van der Waals surface area (Å²) in [7, 11) is 0. The van der Waals surface area contributed by atoms with Gasteiger partial charge in [0.25, 0.3) is 0 Å². The van der Waals surface area contributed by atoms with Crippen LogP contribution in [0, 0.1) is 0 Å². The molecule has 0 aliphatic rings. The Morgan fingerprint density at radius 3 is 3.00 bits per heavy atom. The maximum Gasteiger partial charge on any atom is 0.236 e. The number of nitrogens with zero attached hydrogens (tertiary/aromatic N) is 1. The van der Waals surface area contributed by atoms with Gasteiger partial charge in [0.1, 0.15) is 24.3 Å². The Kier molecular flexibility index (Phi) is 4.03. The number of hydrogen-bond acceptors (Lipinski definition) is 5. The van der Waals surface area contributed by atoms with Crippen molar-refractivity contribution in [1.29, 1.82) is 0 Å². The lowest BCUT2D eigenvalue weighted by molar-refractivity contribution is 0.198. The molecule has 0 aliphatic carbocycles. The van der Waals surface area contributed by atoms with Gasteiger partial charge in [-0.05, 0) is 36.1 Å². The Bertz CT molecular complexity index is 704. The fourth-order valence-electron chi connectivity index (χ4n) is 1.91. The van der Waals surface area contributed by atoms with Crippen molar-refractivity contribution >= 4 is 11.3 Å². The van der Waals surface area contributed by atoms with E-state index in [1.807, 2.05) is 41.8 Å². The van der Waals surface area contributed by atoms with Gasteiger partial charge >= 0.3 is 0 Å². The topological polar surface area (TPSA) is 55.5 Å². The molecule has 108 valence electrons. The molecule has 1 atom stereocenters. The summed E-state index contributed by atoms with van der Waals surface area (Å²) in [4.78, 5) is 5.39. The molecule has 5 heteroatoms. The molecule has 4 nitrogen and oxygen atoms in total. The van der Waals surface area contributed by atoms with E-state index in [1.165, 1.54) is 0 Å². The zero-order valence-electron chi connectivity index (χ0n) is 11.5. The highest BCUT2D eigenvalue weighted by Crippen LogP contribution is 2.24. The van der Waals surface area contributed by atoms with Gasteiger partial charge in [-0.1, -0.05) is 18.2 Å². The molecule has 2 heterocycles. The standard InChI is InChI=1S/C16H15NO3S/c1-11(18)12-4-2-5-14(8-12)19-9-13-10-20-16(17-13)15-6-3-7-21-15/h2-8,10-11,18H,9H2,1H3. The lowest BCUT2D eigenvalue weighted by Crippen LogP contribution is -1.97. The van der Waals surface area contributed by atoms with Gasteiger partial charge in [0.15, 0.2) is 0 Å². The fourth-order valence-corrected chi connectivity index (χ4v) is 2.56. The number of thiophene rings is 1. The summed E-state index contributed by atoms with van der Waals surface area (Å²) in [5.41, 5.74) is 1.56. The highest BCUT2D eigenvalue weighted by atomic mass is 32.1. The molecular weight excluding hydrogens is 286 g/mol. The molecule has 0 bridgehead atoms. The van der Waals surface area contributed by atoms with Crippen molar-refractivity contribution in [2.45, 2.75) is 19.6 Å². The monoisotopic (exact) mass is 301 g/mol. The molecule has 0 fully saturated rings. The summed E-state index contributed by atoms with van der Waals surface area (Å²) in [5, 5.41) is 11.5. The smallest absolute Gasteiger partial charge is 0.236 e. The first-order valence-electron chi connectivity index (χ1n) is 6.61. The molecule has 0 spiro atoms. The second-order valence-corrected chi connectivity index (χ2v) is 5.61. The number of aromatic nitrogens is 1. The van der Waals surface area contributed by atoms with E-state index in [4.69, 9.17) is 9.15 Å². The predicted molar refractivity (Wildman–Crippen MR) is 81.2 cm³/mol. The van der Waals surface area contributed by atoms with Crippen LogP contribution in [0.5, 0.6) is 5.75 Å². The van der Waals surface area contributed by atoms with Crippen LogP contribution in [0.25, 0.3) is 10.8 Å². The van der Waals surface area contributed by atoms with E-state index in [2.05, 4.69) is 4.98 Å². The van der Waals surface area contributed by atoms with E-state index >= 15 is 0 Å². The van der Waals surface area contributed by atoms with Gasteiger partial charge < -0.3 is 14.3 Å². The van der Waals surface area contributed by atoms with E-state index in [1.54, 1.807) is 24.5 Å². The molecule has 0 amide bonds. The van der Waals surface area contributed by atoms with Gasteiger partial charge in [-0.3, -0.25) is 0 Å². The normalized spacial score (nSPS) is 12.3. The van der Waals surface area contributed by atoms with Crippen molar-refractivity contribution in [2.75, 3.05) is 0 Å². The highest BCUT2D eigenvalue weighted by molar-refractivity contribution is 7.13. The van der Waals surface area contributed by atoms with Crippen LogP contribution in [0.2, 0.25) is 0 Å². The van der Waals surface area contributed by atoms with Crippen LogP contribution in [0.4, 0.5) is 0 Å². The minimum Gasteiger partial charge on any atom is -0.487 e. The number of aliphatic hydroxyl groups excluding tert-OH is 1. The third-order valence-electron chi connectivity index (χ3n) is 3.01. The van der Waals surface area contributed by atoms with Gasteiger partial charge in [0.2, 0.25) is 5.89 Å². The molecule has 0 aliphatic heterocycles. The van der Waals surface area contributed by atoms with Crippen molar-refractivity contribution < 1.29 is 14.3 Å². The first-order valence-corrected chi connectivity index (χ1v) is 7.49. The third kappa shape index (κ3) is 3.32. The zero-order valence-corrected chi connectivity index (χ0v) is 12.3. The molecule has 0 saturated heterocycles. The average Bonchev–Trinajstić information content (AvgIpc) is 3.16. The minimum absolute atomic E-state index is 0.331. The van der Waals surface area contributed by atoms with Crippen molar-refractivity contribution in [3.05, 3.63) is 59.3 Å². The quantitative estimate of drug-likeness (QED) is 0.773. The van der Waals surface area contributed by atoms with Crippen LogP contribution < -0.4 is 4.74 Å². The van der Waals surface area contributed by atoms with Crippen LogP contribution in [0.15, 0.2) is 52.5 Å². The molecule has 1 N–H and O–H groups in total. The number of aliphatic hydroxyl groups is 1. The highest BCUT2D eigenvalue weighted by Gasteiger charge is 2.08. The Labute approximate surface area is 126 Å². The van der Waals surface area contributed by atoms with Gasteiger partial charge in [-0.15, -0.1) is 11.3 Å². The molecule has 1 aromatic carbocycles. The van der Waals surface area contributed by atoms with E-state index in [9.17, 15) is 5.11 Å². The van der Waals surface area contributed by atoms with Crippen LogP contribution in [-0.2, 0) is 6.61 Å². The molecule has 1 unspecified atom stereocenters. The number of hydrogen-bond donors (Lipinski definition) is 1. The third-order valence-corrected chi connectivity index (χ3v) is 3.87. The first-order chi connectivity index (χ1) is 10.2. The second-order valence-electron chi connectivity index (χ2n) is 4.66. The van der Waals surface area contributed by atoms with Gasteiger partial charge in [-0.2, -0.15) is 0 Å². The number of ether oxygens (including phenoxy) is 1. The lowest BCUT2D eigenvalue weighted by atomic mass is 10.1. The van der Waals surface area contributed by atoms with E-state index < -0.39 is 6.10 Å². The number of benzene rings is 1. The molecule has 2 aromatic heterocycles. The van der Waals surface area contributed by atoms with Gasteiger partial charge in [0.05, 0.1) is 11.0 Å². The van der Waals surface area contributed by atoms with E-state index in [0.717, 1.165) is 16.1 Å². The molecule has 0 radical (unpaired) electrons. The van der Waals surface area contributed by atoms with Crippen LogP contribution in [0.3, 0.4) is 0 Å². The van der Waals surface area contributed by atoms with Gasteiger partial charge in [0, 0.05) is 0 Å². The van der Waals surface area contributed by atoms with E-state index in [-0.39, 0.29) is 0 Å². The fraction of sp³-hybridized carbons (Fsp3) is 0.188. The number of rotatable bonds is 5. The number of oxazole rings is 1. The summed E-state index contributed by atoms with van der Waals surface area (Å²) < 4.78 is 11.1. The maximum absolute atomic E-state index is 9.56. The van der Waals surface area contributed by atoms with Crippen LogP contribution in [-0.4, -0.2) is 10.1 Å². The van der Waals surface area contributed by atoms with Gasteiger partial charge in [-0.25, -0.2) is 4.98 Å². The van der Waals surface area contributed by atoms with Crippen molar-refractivity contribution in [2.24, 2.45) is 0 Å². The van der Waals surface area contributed by atoms with Crippen LogP contribution in [0.1, 0.15) is 24.3 Å². The Balaban J connectivity index is 1.67. The second kappa shape index (κ2) is 6.11. The maximum atomic E-state index is 9.56. The zero-order chi connectivity index (χ0) is 14.7. The summed E-state index contributed by atoms with van der Waals surface area (Å²) in [5.74, 6) is 1.32. The molecule has 21 heavy (non-hydrogen) atoms. The Hall–Kier alpha value is -2.11. The molecular formula is C16H15NO3S. The molecule has 0 saturated carbocycles. The largest absolute Gasteiger partial charge is 0.487 e. The minimum atomic E-state index is -0.508. The Morgan fingerprint density at radius 2 is 2.24 bits per heavy atom. The molecule has 3 rings (SSSR count). The first kappa shape index (κ1) is 13.9. The average molecular weight is 301 g/mol. The molecule has 3 aromatic rings. The summed E-state index contributed by atoms with van der Waals surface area (Å²) >= 11 is 1.58. The predicted octanol–water partition coefficient (Wildman–Crippen LogP) is 4.04. The summed E-state index contributed by atoms with van der Waals surface area (Å²) in [6, 6.07) is 11.3. The van der Waals surface area contributed by atoms with Crippen molar-refractivity contribution in [3.8, 4) is 16.5 Å². The summed E-state index contributed by atoms with van der Waals surface area (Å²) in [6.45, 7) is 2.06.